The Bertz CT molecular complexity index is 389. The lowest BCUT2D eigenvalue weighted by atomic mass is 10.1. The Kier molecular flexibility index (Phi) is 4.55. The average Bonchev–Trinajstić information content (AvgIpc) is 2.81. The fourth-order valence-corrected chi connectivity index (χ4v) is 2.24. The molecule has 1 aromatic carbocycles. The maximum Gasteiger partial charge on any atom is 0.132 e. The smallest absolute Gasteiger partial charge is 0.132 e. The van der Waals surface area contributed by atoms with Gasteiger partial charge >= 0.3 is 0 Å². The zero-order valence-corrected chi connectivity index (χ0v) is 10.7. The van der Waals surface area contributed by atoms with Gasteiger partial charge in [-0.25, -0.2) is 4.39 Å². The zero-order valence-electron chi connectivity index (χ0n) is 10.7. The number of aliphatic hydroxyl groups excluding tert-OH is 1. The molecule has 1 fully saturated rings. The second kappa shape index (κ2) is 6.16. The predicted molar refractivity (Wildman–Crippen MR) is 68.2 cm³/mol. The van der Waals surface area contributed by atoms with Crippen LogP contribution in [-0.4, -0.2) is 36.2 Å². The molecular weight excluding hydrogens is 233 g/mol. The van der Waals surface area contributed by atoms with Gasteiger partial charge in [-0.2, -0.15) is 0 Å². The maximum absolute atomic E-state index is 13.6. The first-order valence-electron chi connectivity index (χ1n) is 6.49. The number of benzene rings is 1. The van der Waals surface area contributed by atoms with Crippen molar-refractivity contribution in [3.8, 4) is 5.75 Å². The van der Waals surface area contributed by atoms with Gasteiger partial charge in [-0.15, -0.1) is 0 Å². The van der Waals surface area contributed by atoms with Crippen molar-refractivity contribution < 1.29 is 14.2 Å². The first kappa shape index (κ1) is 13.3. The van der Waals surface area contributed by atoms with Crippen LogP contribution in [-0.2, 0) is 0 Å². The molecule has 0 aliphatic carbocycles. The second-order valence-electron chi connectivity index (χ2n) is 4.76. The molecule has 100 valence electrons. The lowest BCUT2D eigenvalue weighted by molar-refractivity contribution is 0.193. The number of hydrogen-bond acceptors (Lipinski definition) is 3. The summed E-state index contributed by atoms with van der Waals surface area (Å²) in [6.45, 7) is 5.29. The van der Waals surface area contributed by atoms with E-state index in [2.05, 4.69) is 4.90 Å². The molecule has 0 saturated carbocycles. The highest BCUT2D eigenvalue weighted by Crippen LogP contribution is 2.21. The topological polar surface area (TPSA) is 32.7 Å². The minimum atomic E-state index is -0.788. The van der Waals surface area contributed by atoms with E-state index in [-0.39, 0.29) is 0 Å². The number of likely N-dealkylation sites (tertiary alicyclic amines) is 1. The van der Waals surface area contributed by atoms with Gasteiger partial charge in [0.1, 0.15) is 18.2 Å². The van der Waals surface area contributed by atoms with Crippen molar-refractivity contribution in [1.82, 2.24) is 4.90 Å². The number of rotatable bonds is 5. The Balaban J connectivity index is 1.84. The summed E-state index contributed by atoms with van der Waals surface area (Å²) in [5.74, 6) is 0.111. The fourth-order valence-electron chi connectivity index (χ4n) is 2.24. The van der Waals surface area contributed by atoms with Crippen LogP contribution in [0.1, 0.15) is 31.4 Å². The Labute approximate surface area is 107 Å². The van der Waals surface area contributed by atoms with E-state index in [0.717, 1.165) is 19.6 Å². The fraction of sp³-hybridized carbons (Fsp3) is 0.571. The van der Waals surface area contributed by atoms with E-state index in [4.69, 9.17) is 4.74 Å². The first-order valence-corrected chi connectivity index (χ1v) is 6.49. The van der Waals surface area contributed by atoms with Crippen LogP contribution in [0.25, 0.3) is 0 Å². The van der Waals surface area contributed by atoms with Gasteiger partial charge in [-0.3, -0.25) is 4.90 Å². The molecule has 0 radical (unpaired) electrons. The largest absolute Gasteiger partial charge is 0.492 e. The molecule has 3 nitrogen and oxygen atoms in total. The van der Waals surface area contributed by atoms with Crippen LogP contribution in [0.3, 0.4) is 0 Å². The van der Waals surface area contributed by atoms with Crippen LogP contribution >= 0.6 is 0 Å². The summed E-state index contributed by atoms with van der Waals surface area (Å²) in [7, 11) is 0. The molecule has 1 N–H and O–H groups in total. The molecule has 1 heterocycles. The molecule has 1 atom stereocenters. The van der Waals surface area contributed by atoms with Gasteiger partial charge in [0.15, 0.2) is 0 Å². The quantitative estimate of drug-likeness (QED) is 0.874. The lowest BCUT2D eigenvalue weighted by Gasteiger charge is -2.15. The first-order chi connectivity index (χ1) is 8.66. The van der Waals surface area contributed by atoms with Crippen LogP contribution in [0.2, 0.25) is 0 Å². The van der Waals surface area contributed by atoms with Gasteiger partial charge < -0.3 is 9.84 Å². The minimum absolute atomic E-state index is 0.307. The van der Waals surface area contributed by atoms with Crippen molar-refractivity contribution in [2.24, 2.45) is 0 Å². The summed E-state index contributed by atoms with van der Waals surface area (Å²) in [6, 6.07) is 4.62. The van der Waals surface area contributed by atoms with Gasteiger partial charge in [-0.1, -0.05) is 0 Å². The molecule has 2 rings (SSSR count). The standard InChI is InChI=1S/C14H20FNO2/c1-11(17)13-5-4-12(10-14(13)15)18-9-8-16-6-2-3-7-16/h4-5,10-11,17H,2-3,6-9H2,1H3/t11-/m0/s1. The van der Waals surface area contributed by atoms with E-state index in [0.29, 0.717) is 17.9 Å². The molecule has 1 aliphatic rings. The molecule has 0 bridgehead atoms. The molecule has 4 heteroatoms. The van der Waals surface area contributed by atoms with E-state index in [1.165, 1.54) is 18.9 Å². The molecule has 0 aromatic heterocycles. The molecule has 0 spiro atoms. The molecule has 18 heavy (non-hydrogen) atoms. The number of nitrogens with zero attached hydrogens (tertiary/aromatic N) is 1. The third-order valence-corrected chi connectivity index (χ3v) is 3.30. The van der Waals surface area contributed by atoms with E-state index in [1.54, 1.807) is 19.1 Å². The van der Waals surface area contributed by atoms with Crippen LogP contribution in [0.15, 0.2) is 18.2 Å². The molecular formula is C14H20FNO2. The van der Waals surface area contributed by atoms with E-state index >= 15 is 0 Å². The summed E-state index contributed by atoms with van der Waals surface area (Å²) >= 11 is 0. The Morgan fingerprint density at radius 2 is 2.11 bits per heavy atom. The van der Waals surface area contributed by atoms with Crippen LogP contribution < -0.4 is 4.74 Å². The van der Waals surface area contributed by atoms with Gasteiger partial charge in [0.25, 0.3) is 0 Å². The van der Waals surface area contributed by atoms with Crippen molar-refractivity contribution in [1.29, 1.82) is 0 Å². The van der Waals surface area contributed by atoms with Gasteiger partial charge in [-0.05, 0) is 45.0 Å². The summed E-state index contributed by atoms with van der Waals surface area (Å²) in [5.41, 5.74) is 0.307. The van der Waals surface area contributed by atoms with Gasteiger partial charge in [0.2, 0.25) is 0 Å². The highest BCUT2D eigenvalue weighted by Gasteiger charge is 2.12. The molecule has 1 aromatic rings. The third-order valence-electron chi connectivity index (χ3n) is 3.30. The van der Waals surface area contributed by atoms with E-state index in [9.17, 15) is 9.50 Å². The summed E-state index contributed by atoms with van der Waals surface area (Å²) in [4.78, 5) is 2.35. The number of hydrogen-bond donors (Lipinski definition) is 1. The lowest BCUT2D eigenvalue weighted by Crippen LogP contribution is -2.25. The summed E-state index contributed by atoms with van der Waals surface area (Å²) < 4.78 is 19.1. The molecule has 0 amide bonds. The molecule has 1 saturated heterocycles. The normalized spacial score (nSPS) is 17.9. The van der Waals surface area contributed by atoms with Crippen molar-refractivity contribution >= 4 is 0 Å². The summed E-state index contributed by atoms with van der Waals surface area (Å²) in [5, 5.41) is 9.33. The summed E-state index contributed by atoms with van der Waals surface area (Å²) in [6.07, 6.45) is 1.73. The zero-order chi connectivity index (χ0) is 13.0. The van der Waals surface area contributed by atoms with Crippen molar-refractivity contribution in [3.05, 3.63) is 29.6 Å². The highest BCUT2D eigenvalue weighted by atomic mass is 19.1. The van der Waals surface area contributed by atoms with Crippen molar-refractivity contribution in [2.75, 3.05) is 26.2 Å². The average molecular weight is 253 g/mol. The maximum atomic E-state index is 13.6. The predicted octanol–water partition coefficient (Wildman–Crippen LogP) is 2.35. The Morgan fingerprint density at radius 1 is 1.39 bits per heavy atom. The highest BCUT2D eigenvalue weighted by molar-refractivity contribution is 5.29. The minimum Gasteiger partial charge on any atom is -0.492 e. The number of aliphatic hydroxyl groups is 1. The van der Waals surface area contributed by atoms with Crippen molar-refractivity contribution in [3.63, 3.8) is 0 Å². The van der Waals surface area contributed by atoms with Crippen LogP contribution in [0, 0.1) is 5.82 Å². The molecule has 0 unspecified atom stereocenters. The van der Waals surface area contributed by atoms with Crippen molar-refractivity contribution in [2.45, 2.75) is 25.9 Å². The van der Waals surface area contributed by atoms with Crippen LogP contribution in [0.4, 0.5) is 4.39 Å². The van der Waals surface area contributed by atoms with E-state index < -0.39 is 11.9 Å². The van der Waals surface area contributed by atoms with E-state index in [1.807, 2.05) is 0 Å². The SMILES string of the molecule is C[C@H](O)c1ccc(OCCN2CCCC2)cc1F. The second-order valence-corrected chi connectivity index (χ2v) is 4.76. The monoisotopic (exact) mass is 253 g/mol. The van der Waals surface area contributed by atoms with Gasteiger partial charge in [0.05, 0.1) is 6.10 Å². The Hall–Kier alpha value is -1.13. The number of halogens is 1. The Morgan fingerprint density at radius 3 is 2.72 bits per heavy atom. The van der Waals surface area contributed by atoms with Crippen LogP contribution in [0.5, 0.6) is 5.75 Å². The number of ether oxygens (including phenoxy) is 1. The third kappa shape index (κ3) is 3.43. The molecule has 1 aliphatic heterocycles. The van der Waals surface area contributed by atoms with Gasteiger partial charge in [0, 0.05) is 18.2 Å².